The summed E-state index contributed by atoms with van der Waals surface area (Å²) in [5.74, 6) is 0.123. The number of aromatic nitrogens is 1. The molecule has 4 rings (SSSR count). The number of carbonyl (C=O) groups is 1. The summed E-state index contributed by atoms with van der Waals surface area (Å²) in [5, 5.41) is 0. The van der Waals surface area contributed by atoms with Gasteiger partial charge in [-0.2, -0.15) is 0 Å². The molecule has 0 aliphatic carbocycles. The average Bonchev–Trinajstić information content (AvgIpc) is 2.65. The minimum atomic E-state index is 0.123. The molecule has 0 spiro atoms. The van der Waals surface area contributed by atoms with Crippen molar-refractivity contribution in [2.24, 2.45) is 0 Å². The maximum absolute atomic E-state index is 12.8. The van der Waals surface area contributed by atoms with Crippen LogP contribution in [-0.4, -0.2) is 22.3 Å². The van der Waals surface area contributed by atoms with E-state index >= 15 is 0 Å². The first-order valence-electron chi connectivity index (χ1n) is 8.18. The lowest BCUT2D eigenvalue weighted by Crippen LogP contribution is -2.37. The number of carbonyl (C=O) groups excluding carboxylic acids is 1. The van der Waals surface area contributed by atoms with Gasteiger partial charge in [0.15, 0.2) is 0 Å². The summed E-state index contributed by atoms with van der Waals surface area (Å²) in [5.41, 5.74) is 5.32. The van der Waals surface area contributed by atoms with E-state index in [0.29, 0.717) is 6.54 Å². The predicted molar refractivity (Wildman–Crippen MR) is 94.6 cm³/mol. The molecule has 2 heterocycles. The van der Waals surface area contributed by atoms with E-state index < -0.39 is 0 Å². The molecule has 3 nitrogen and oxygen atoms in total. The zero-order valence-electron chi connectivity index (χ0n) is 13.4. The first-order chi connectivity index (χ1) is 11.8. The molecule has 0 saturated carbocycles. The SMILES string of the molecule is O=C1c2ccc(-c3cccnc3)cc2CCN1Cc1ccccc1. The molecule has 0 bridgehead atoms. The molecule has 0 unspecified atom stereocenters. The number of nitrogens with zero attached hydrogens (tertiary/aromatic N) is 2. The fourth-order valence-corrected chi connectivity index (χ4v) is 3.20. The van der Waals surface area contributed by atoms with Gasteiger partial charge in [0.1, 0.15) is 0 Å². The topological polar surface area (TPSA) is 33.2 Å². The van der Waals surface area contributed by atoms with Crippen LogP contribution in [0, 0.1) is 0 Å². The standard InChI is InChI=1S/C21H18N2O/c24-21-20-9-8-17(19-7-4-11-22-14-19)13-18(20)10-12-23(21)15-16-5-2-1-3-6-16/h1-9,11,13-14H,10,12,15H2. The van der Waals surface area contributed by atoms with Gasteiger partial charge in [0.2, 0.25) is 0 Å². The van der Waals surface area contributed by atoms with E-state index in [1.54, 1.807) is 6.20 Å². The number of hydrogen-bond acceptors (Lipinski definition) is 2. The molecule has 1 aliphatic rings. The number of rotatable bonds is 3. The van der Waals surface area contributed by atoms with Crippen molar-refractivity contribution in [3.05, 3.63) is 89.7 Å². The normalized spacial score (nSPS) is 13.7. The van der Waals surface area contributed by atoms with Gasteiger partial charge in [0, 0.05) is 31.0 Å². The van der Waals surface area contributed by atoms with E-state index in [4.69, 9.17) is 0 Å². The van der Waals surface area contributed by atoms with Gasteiger partial charge in [-0.15, -0.1) is 0 Å². The molecule has 1 aliphatic heterocycles. The predicted octanol–water partition coefficient (Wildman–Crippen LogP) is 3.95. The second kappa shape index (κ2) is 6.28. The lowest BCUT2D eigenvalue weighted by atomic mass is 9.94. The van der Waals surface area contributed by atoms with Crippen LogP contribution in [0.15, 0.2) is 73.1 Å². The lowest BCUT2D eigenvalue weighted by Gasteiger charge is -2.29. The van der Waals surface area contributed by atoms with Crippen LogP contribution in [0.3, 0.4) is 0 Å². The molecule has 0 fully saturated rings. The fourth-order valence-electron chi connectivity index (χ4n) is 3.20. The molecule has 1 aromatic heterocycles. The summed E-state index contributed by atoms with van der Waals surface area (Å²) in [6.45, 7) is 1.43. The van der Waals surface area contributed by atoms with Gasteiger partial charge in [0.05, 0.1) is 0 Å². The Morgan fingerprint density at radius 2 is 1.83 bits per heavy atom. The largest absolute Gasteiger partial charge is 0.334 e. The molecule has 0 atom stereocenters. The molecule has 0 radical (unpaired) electrons. The number of amides is 1. The highest BCUT2D eigenvalue weighted by atomic mass is 16.2. The average molecular weight is 314 g/mol. The van der Waals surface area contributed by atoms with Gasteiger partial charge in [-0.25, -0.2) is 0 Å². The number of fused-ring (bicyclic) bond motifs is 1. The Morgan fingerprint density at radius 1 is 0.958 bits per heavy atom. The molecule has 3 aromatic rings. The van der Waals surface area contributed by atoms with Crippen LogP contribution >= 0.6 is 0 Å². The smallest absolute Gasteiger partial charge is 0.254 e. The summed E-state index contributed by atoms with van der Waals surface area (Å²) in [4.78, 5) is 18.9. The quantitative estimate of drug-likeness (QED) is 0.733. The van der Waals surface area contributed by atoms with Crippen molar-refractivity contribution in [1.82, 2.24) is 9.88 Å². The first kappa shape index (κ1) is 14.6. The molecule has 3 heteroatoms. The fraction of sp³-hybridized carbons (Fsp3) is 0.143. The van der Waals surface area contributed by atoms with Gasteiger partial charge in [-0.3, -0.25) is 9.78 Å². The number of benzene rings is 2. The Hall–Kier alpha value is -2.94. The molecule has 118 valence electrons. The van der Waals surface area contributed by atoms with Crippen molar-refractivity contribution in [3.63, 3.8) is 0 Å². The molecule has 0 saturated heterocycles. The van der Waals surface area contributed by atoms with Crippen LogP contribution < -0.4 is 0 Å². The number of pyridine rings is 1. The van der Waals surface area contributed by atoms with Crippen LogP contribution in [0.2, 0.25) is 0 Å². The summed E-state index contributed by atoms with van der Waals surface area (Å²) >= 11 is 0. The van der Waals surface area contributed by atoms with E-state index in [9.17, 15) is 4.79 Å². The Kier molecular flexibility index (Phi) is 3.83. The molecule has 1 amide bonds. The summed E-state index contributed by atoms with van der Waals surface area (Å²) < 4.78 is 0. The lowest BCUT2D eigenvalue weighted by molar-refractivity contribution is 0.0727. The van der Waals surface area contributed by atoms with Gasteiger partial charge in [-0.05, 0) is 40.8 Å². The molecule has 2 aromatic carbocycles. The summed E-state index contributed by atoms with van der Waals surface area (Å²) in [7, 11) is 0. The van der Waals surface area contributed by atoms with E-state index in [-0.39, 0.29) is 5.91 Å². The van der Waals surface area contributed by atoms with Crippen molar-refractivity contribution in [2.75, 3.05) is 6.54 Å². The molecular formula is C21H18N2O. The third-order valence-electron chi connectivity index (χ3n) is 4.49. The van der Waals surface area contributed by atoms with Crippen LogP contribution in [0.1, 0.15) is 21.5 Å². The summed E-state index contributed by atoms with van der Waals surface area (Å²) in [6, 6.07) is 20.2. The maximum atomic E-state index is 12.8. The van der Waals surface area contributed by atoms with E-state index in [1.807, 2.05) is 53.6 Å². The minimum absolute atomic E-state index is 0.123. The Labute approximate surface area is 141 Å². The van der Waals surface area contributed by atoms with Gasteiger partial charge in [0.25, 0.3) is 5.91 Å². The highest BCUT2D eigenvalue weighted by Gasteiger charge is 2.24. The van der Waals surface area contributed by atoms with Crippen molar-refractivity contribution in [3.8, 4) is 11.1 Å². The van der Waals surface area contributed by atoms with Crippen LogP contribution in [0.25, 0.3) is 11.1 Å². The second-order valence-corrected chi connectivity index (χ2v) is 6.08. The molecule has 0 N–H and O–H groups in total. The van der Waals surface area contributed by atoms with E-state index in [2.05, 4.69) is 23.2 Å². The first-order valence-corrected chi connectivity index (χ1v) is 8.18. The van der Waals surface area contributed by atoms with Gasteiger partial charge in [-0.1, -0.05) is 48.5 Å². The van der Waals surface area contributed by atoms with Crippen LogP contribution in [0.4, 0.5) is 0 Å². The second-order valence-electron chi connectivity index (χ2n) is 6.08. The third-order valence-corrected chi connectivity index (χ3v) is 4.49. The zero-order chi connectivity index (χ0) is 16.4. The van der Waals surface area contributed by atoms with E-state index in [0.717, 1.165) is 35.2 Å². The third kappa shape index (κ3) is 2.81. The molecular weight excluding hydrogens is 296 g/mol. The zero-order valence-corrected chi connectivity index (χ0v) is 13.4. The highest BCUT2D eigenvalue weighted by Crippen LogP contribution is 2.26. The Morgan fingerprint density at radius 3 is 2.62 bits per heavy atom. The van der Waals surface area contributed by atoms with Crippen molar-refractivity contribution in [1.29, 1.82) is 0 Å². The maximum Gasteiger partial charge on any atom is 0.254 e. The number of hydrogen-bond donors (Lipinski definition) is 0. The van der Waals surface area contributed by atoms with Gasteiger partial charge < -0.3 is 4.90 Å². The van der Waals surface area contributed by atoms with Crippen molar-refractivity contribution >= 4 is 5.91 Å². The Bertz CT molecular complexity index is 860. The van der Waals surface area contributed by atoms with Crippen molar-refractivity contribution in [2.45, 2.75) is 13.0 Å². The van der Waals surface area contributed by atoms with Crippen LogP contribution in [-0.2, 0) is 13.0 Å². The van der Waals surface area contributed by atoms with Gasteiger partial charge >= 0.3 is 0 Å². The monoisotopic (exact) mass is 314 g/mol. The summed E-state index contributed by atoms with van der Waals surface area (Å²) in [6.07, 6.45) is 4.52. The highest BCUT2D eigenvalue weighted by molar-refractivity contribution is 5.97. The minimum Gasteiger partial charge on any atom is -0.334 e. The van der Waals surface area contributed by atoms with Crippen LogP contribution in [0.5, 0.6) is 0 Å². The van der Waals surface area contributed by atoms with Crippen molar-refractivity contribution < 1.29 is 4.79 Å². The van der Waals surface area contributed by atoms with E-state index in [1.165, 1.54) is 5.56 Å². The molecule has 24 heavy (non-hydrogen) atoms. The Balaban J connectivity index is 1.60.